The summed E-state index contributed by atoms with van der Waals surface area (Å²) in [6.07, 6.45) is 13.5. The van der Waals surface area contributed by atoms with Crippen molar-refractivity contribution in [1.29, 1.82) is 0 Å². The summed E-state index contributed by atoms with van der Waals surface area (Å²) < 4.78 is 24.0. The van der Waals surface area contributed by atoms with Crippen molar-refractivity contribution >= 4 is 12.1 Å². The lowest BCUT2D eigenvalue weighted by Gasteiger charge is -2.38. The summed E-state index contributed by atoms with van der Waals surface area (Å²) in [5.41, 5.74) is 6.03. The van der Waals surface area contributed by atoms with Crippen LogP contribution in [0.3, 0.4) is 0 Å². The van der Waals surface area contributed by atoms with Gasteiger partial charge in [-0.15, -0.1) is 0 Å². The van der Waals surface area contributed by atoms with E-state index in [0.29, 0.717) is 49.2 Å². The third-order valence-electron chi connectivity index (χ3n) is 8.16. The summed E-state index contributed by atoms with van der Waals surface area (Å²) in [5, 5.41) is 3.16. The number of urea groups is 1. The van der Waals surface area contributed by atoms with E-state index in [4.69, 9.17) is 18.9 Å². The van der Waals surface area contributed by atoms with E-state index in [9.17, 15) is 4.79 Å². The van der Waals surface area contributed by atoms with Crippen molar-refractivity contribution in [2.45, 2.75) is 65.1 Å². The average Bonchev–Trinajstić information content (AvgIpc) is 3.05. The van der Waals surface area contributed by atoms with Crippen LogP contribution in [-0.2, 0) is 13.0 Å². The van der Waals surface area contributed by atoms with E-state index in [1.807, 2.05) is 74.2 Å². The number of fused-ring (bicyclic) bond motifs is 1. The summed E-state index contributed by atoms with van der Waals surface area (Å²) in [7, 11) is 3.31. The maximum absolute atomic E-state index is 13.6. The fourth-order valence-electron chi connectivity index (χ4n) is 5.75. The molecule has 0 fully saturated rings. The lowest BCUT2D eigenvalue weighted by atomic mass is 9.91. The molecule has 5 rings (SSSR count). The Hall–Kier alpha value is -4.65. The number of aryl methyl sites for hydroxylation is 1. The molecule has 242 valence electrons. The van der Waals surface area contributed by atoms with Crippen molar-refractivity contribution in [3.8, 4) is 23.0 Å². The van der Waals surface area contributed by atoms with Gasteiger partial charge in [0.2, 0.25) is 0 Å². The number of carbonyl (C=O) groups excluding carboxylic acids is 1. The van der Waals surface area contributed by atoms with Crippen molar-refractivity contribution in [3.63, 3.8) is 0 Å². The van der Waals surface area contributed by atoms with Crippen LogP contribution < -0.4 is 24.3 Å². The highest BCUT2D eigenvalue weighted by atomic mass is 16.5. The second kappa shape index (κ2) is 14.6. The number of benzene rings is 3. The molecule has 2 amide bonds. The molecule has 1 atom stereocenters. The van der Waals surface area contributed by atoms with Gasteiger partial charge in [-0.3, -0.25) is 0 Å². The van der Waals surface area contributed by atoms with Gasteiger partial charge in [0.25, 0.3) is 0 Å². The van der Waals surface area contributed by atoms with Crippen LogP contribution >= 0.6 is 0 Å². The molecule has 0 spiro atoms. The molecule has 3 aromatic rings. The standard InChI is InChI=1S/C39H46N2O5/c1-27-21-34(43-5)36(45-25-28-13-9-7-10-14-28)22-30(27)17-18-33-32-24-35(44-6)37(46-26-29-15-11-8-12-16-29)23-31(32)19-20-41(33)38(42)40-39(2,3)4/h8-9,11-18,21-24,33H,7,10,19-20,25-26H2,1-6H3,(H,40,42)/b18-17+. The number of nitrogens with zero attached hydrogens (tertiary/aromatic N) is 1. The number of rotatable bonds is 10. The summed E-state index contributed by atoms with van der Waals surface area (Å²) in [6.45, 7) is 9.51. The molecule has 46 heavy (non-hydrogen) atoms. The molecular weight excluding hydrogens is 576 g/mol. The number of amides is 2. The van der Waals surface area contributed by atoms with Crippen molar-refractivity contribution < 1.29 is 23.7 Å². The topological polar surface area (TPSA) is 69.3 Å². The Morgan fingerprint density at radius 2 is 1.65 bits per heavy atom. The Morgan fingerprint density at radius 1 is 0.935 bits per heavy atom. The minimum Gasteiger partial charge on any atom is -0.493 e. The highest BCUT2D eigenvalue weighted by Gasteiger charge is 2.32. The predicted molar refractivity (Wildman–Crippen MR) is 184 cm³/mol. The van der Waals surface area contributed by atoms with Gasteiger partial charge in [-0.2, -0.15) is 0 Å². The van der Waals surface area contributed by atoms with E-state index in [-0.39, 0.29) is 17.6 Å². The maximum atomic E-state index is 13.6. The lowest BCUT2D eigenvalue weighted by molar-refractivity contribution is 0.173. The first kappa shape index (κ1) is 32.7. The number of nitrogens with one attached hydrogen (secondary N) is 1. The van der Waals surface area contributed by atoms with E-state index >= 15 is 0 Å². The number of carbonyl (C=O) groups is 1. The van der Waals surface area contributed by atoms with Crippen LogP contribution in [0.1, 0.15) is 67.5 Å². The quantitative estimate of drug-likeness (QED) is 0.246. The number of methoxy groups -OCH3 is 2. The zero-order valence-corrected chi connectivity index (χ0v) is 27.9. The molecule has 0 aromatic heterocycles. The van der Waals surface area contributed by atoms with E-state index in [1.54, 1.807) is 14.2 Å². The molecular formula is C39H46N2O5. The summed E-state index contributed by atoms with van der Waals surface area (Å²) in [5.74, 6) is 2.70. The van der Waals surface area contributed by atoms with E-state index in [2.05, 4.69) is 48.7 Å². The van der Waals surface area contributed by atoms with Crippen LogP contribution in [0.4, 0.5) is 4.79 Å². The fraction of sp³-hybridized carbons (Fsp3) is 0.359. The Bertz CT molecular complexity index is 1620. The normalized spacial score (nSPS) is 16.1. The molecule has 0 saturated carbocycles. The third-order valence-corrected chi connectivity index (χ3v) is 8.16. The Balaban J connectivity index is 1.48. The van der Waals surface area contributed by atoms with E-state index in [1.165, 1.54) is 0 Å². The van der Waals surface area contributed by atoms with Crippen LogP contribution in [0.2, 0.25) is 0 Å². The monoisotopic (exact) mass is 622 g/mol. The molecule has 2 aliphatic rings. The Labute approximate surface area is 273 Å². The third kappa shape index (κ3) is 8.13. The fourth-order valence-corrected chi connectivity index (χ4v) is 5.75. The average molecular weight is 623 g/mol. The molecule has 3 aromatic carbocycles. The van der Waals surface area contributed by atoms with Crippen LogP contribution in [0.15, 0.2) is 84.5 Å². The van der Waals surface area contributed by atoms with Gasteiger partial charge in [0.1, 0.15) is 13.2 Å². The second-order valence-corrected chi connectivity index (χ2v) is 12.8. The van der Waals surface area contributed by atoms with Crippen LogP contribution in [0, 0.1) is 6.92 Å². The molecule has 0 radical (unpaired) electrons. The van der Waals surface area contributed by atoms with Crippen LogP contribution in [-0.4, -0.2) is 43.8 Å². The van der Waals surface area contributed by atoms with Crippen molar-refractivity contribution in [2.24, 2.45) is 0 Å². The highest BCUT2D eigenvalue weighted by molar-refractivity contribution is 5.77. The van der Waals surface area contributed by atoms with Gasteiger partial charge >= 0.3 is 6.03 Å². The Kier molecular flexibility index (Phi) is 10.4. The van der Waals surface area contributed by atoms with Crippen molar-refractivity contribution in [1.82, 2.24) is 10.2 Å². The number of allylic oxidation sites excluding steroid dienone is 2. The highest BCUT2D eigenvalue weighted by Crippen LogP contribution is 2.40. The maximum Gasteiger partial charge on any atom is 0.318 e. The van der Waals surface area contributed by atoms with Crippen LogP contribution in [0.25, 0.3) is 6.08 Å². The molecule has 7 heteroatoms. The molecule has 1 heterocycles. The van der Waals surface area contributed by atoms with Crippen LogP contribution in [0.5, 0.6) is 23.0 Å². The molecule has 0 bridgehead atoms. The van der Waals surface area contributed by atoms with Gasteiger partial charge in [0.05, 0.1) is 20.3 Å². The first-order valence-electron chi connectivity index (χ1n) is 16.0. The molecule has 1 aliphatic carbocycles. The minimum absolute atomic E-state index is 0.111. The lowest BCUT2D eigenvalue weighted by Crippen LogP contribution is -2.51. The first-order valence-corrected chi connectivity index (χ1v) is 16.0. The molecule has 1 N–H and O–H groups in total. The molecule has 1 aliphatic heterocycles. The molecule has 7 nitrogen and oxygen atoms in total. The smallest absolute Gasteiger partial charge is 0.318 e. The number of ether oxygens (including phenoxy) is 4. The van der Waals surface area contributed by atoms with Gasteiger partial charge in [0, 0.05) is 12.1 Å². The zero-order valence-electron chi connectivity index (χ0n) is 27.9. The SMILES string of the molecule is COc1cc(C)c(/C=C/C2c3cc(OC)c(OCc4ccccc4)cc3CCN2C(=O)NC(C)(C)C)cc1OCC1=CCCC=C1. The zero-order chi connectivity index (χ0) is 32.7. The largest absolute Gasteiger partial charge is 0.493 e. The second-order valence-electron chi connectivity index (χ2n) is 12.8. The summed E-state index contributed by atoms with van der Waals surface area (Å²) in [6, 6.07) is 17.7. The molecule has 1 unspecified atom stereocenters. The molecule has 0 saturated heterocycles. The summed E-state index contributed by atoms with van der Waals surface area (Å²) in [4.78, 5) is 15.5. The van der Waals surface area contributed by atoms with E-state index in [0.717, 1.165) is 46.2 Å². The Morgan fingerprint density at radius 3 is 2.35 bits per heavy atom. The van der Waals surface area contributed by atoms with E-state index < -0.39 is 0 Å². The number of hydrogen-bond donors (Lipinski definition) is 1. The first-order chi connectivity index (χ1) is 22.1. The van der Waals surface area contributed by atoms with Gasteiger partial charge in [-0.05, 0) is 105 Å². The predicted octanol–water partition coefficient (Wildman–Crippen LogP) is 8.37. The van der Waals surface area contributed by atoms with Crippen molar-refractivity contribution in [3.05, 3.63) is 112 Å². The summed E-state index contributed by atoms with van der Waals surface area (Å²) >= 11 is 0. The van der Waals surface area contributed by atoms with Gasteiger partial charge in [-0.1, -0.05) is 60.7 Å². The van der Waals surface area contributed by atoms with Gasteiger partial charge < -0.3 is 29.2 Å². The number of hydrogen-bond acceptors (Lipinski definition) is 5. The van der Waals surface area contributed by atoms with Gasteiger partial charge in [-0.25, -0.2) is 4.79 Å². The van der Waals surface area contributed by atoms with Gasteiger partial charge in [0.15, 0.2) is 23.0 Å². The van der Waals surface area contributed by atoms with Crippen molar-refractivity contribution in [2.75, 3.05) is 27.4 Å². The minimum atomic E-state index is -0.375.